The lowest BCUT2D eigenvalue weighted by Crippen LogP contribution is -2.43. The normalized spacial score (nSPS) is 17.6. The van der Waals surface area contributed by atoms with E-state index in [9.17, 15) is 9.59 Å². The summed E-state index contributed by atoms with van der Waals surface area (Å²) in [5.41, 5.74) is 3.21. The van der Waals surface area contributed by atoms with Crippen LogP contribution >= 0.6 is 0 Å². The van der Waals surface area contributed by atoms with E-state index in [0.29, 0.717) is 5.69 Å². The number of rotatable bonds is 1. The first-order chi connectivity index (χ1) is 12.9. The van der Waals surface area contributed by atoms with Gasteiger partial charge in [-0.15, -0.1) is 0 Å². The van der Waals surface area contributed by atoms with Gasteiger partial charge in [0.05, 0.1) is 16.6 Å². The highest BCUT2D eigenvalue weighted by Gasteiger charge is 2.31. The first-order valence-corrected chi connectivity index (χ1v) is 9.53. The first kappa shape index (κ1) is 17.6. The molecule has 0 saturated carbocycles. The number of carbonyl (C=O) groups excluding carboxylic acids is 2. The summed E-state index contributed by atoms with van der Waals surface area (Å²) in [5, 5.41) is 0.982. The van der Waals surface area contributed by atoms with E-state index in [2.05, 4.69) is 11.5 Å². The third kappa shape index (κ3) is 2.62. The zero-order valence-electron chi connectivity index (χ0n) is 16.4. The molecular weight excluding hydrogens is 340 g/mol. The minimum absolute atomic E-state index is 0.0577. The third-order valence-electron chi connectivity index (χ3n) is 5.72. The quantitative estimate of drug-likeness (QED) is 0.660. The van der Waals surface area contributed by atoms with Gasteiger partial charge in [0.25, 0.3) is 5.91 Å². The second-order valence-corrected chi connectivity index (χ2v) is 7.70. The monoisotopic (exact) mass is 366 g/mol. The summed E-state index contributed by atoms with van der Waals surface area (Å²) in [5.74, 6) is -0.0577. The van der Waals surface area contributed by atoms with E-state index in [1.807, 2.05) is 42.3 Å². The zero-order valence-corrected chi connectivity index (χ0v) is 16.4. The van der Waals surface area contributed by atoms with Crippen LogP contribution < -0.4 is 0 Å². The fraction of sp³-hybridized carbons (Fsp3) is 0.429. The van der Waals surface area contributed by atoms with Crippen LogP contribution in [0.25, 0.3) is 21.9 Å². The van der Waals surface area contributed by atoms with E-state index < -0.39 is 0 Å². The van der Waals surface area contributed by atoms with Gasteiger partial charge in [0, 0.05) is 39.1 Å². The van der Waals surface area contributed by atoms with Gasteiger partial charge in [-0.05, 0) is 38.3 Å². The predicted octanol–water partition coefficient (Wildman–Crippen LogP) is 3.68. The molecular formula is C21H26N4O2. The number of fused-ring (bicyclic) bond motifs is 3. The van der Waals surface area contributed by atoms with Crippen molar-refractivity contribution < 1.29 is 9.59 Å². The minimum atomic E-state index is -0.200. The smallest absolute Gasteiger partial charge is 0.328 e. The van der Waals surface area contributed by atoms with Crippen LogP contribution in [-0.4, -0.2) is 57.6 Å². The van der Waals surface area contributed by atoms with E-state index in [1.165, 1.54) is 4.90 Å². The van der Waals surface area contributed by atoms with Crippen LogP contribution in [-0.2, 0) is 7.05 Å². The maximum atomic E-state index is 13.4. The van der Waals surface area contributed by atoms with E-state index in [4.69, 9.17) is 0 Å². The highest BCUT2D eigenvalue weighted by Crippen LogP contribution is 2.32. The number of aromatic nitrogens is 2. The Morgan fingerprint density at radius 3 is 2.56 bits per heavy atom. The summed E-state index contributed by atoms with van der Waals surface area (Å²) in [6.45, 7) is 2.84. The average molecular weight is 366 g/mol. The molecule has 0 radical (unpaired) electrons. The van der Waals surface area contributed by atoms with Crippen LogP contribution in [0.5, 0.6) is 0 Å². The Labute approximate surface area is 158 Å². The number of carbonyl (C=O) groups is 2. The lowest BCUT2D eigenvalue weighted by molar-refractivity contribution is 0.0626. The Kier molecular flexibility index (Phi) is 4.21. The number of nitrogens with zero attached hydrogens (tertiary/aromatic N) is 4. The molecule has 1 aromatic carbocycles. The second kappa shape index (κ2) is 6.44. The average Bonchev–Trinajstić information content (AvgIpc) is 3.18. The molecule has 0 bridgehead atoms. The summed E-state index contributed by atoms with van der Waals surface area (Å²) < 4.78 is 3.65. The van der Waals surface area contributed by atoms with Crippen molar-refractivity contribution in [3.63, 3.8) is 0 Å². The number of hydrogen-bond acceptors (Lipinski definition) is 2. The van der Waals surface area contributed by atoms with E-state index in [-0.39, 0.29) is 18.0 Å². The summed E-state index contributed by atoms with van der Waals surface area (Å²) in [6.07, 6.45) is 3.17. The molecule has 6 heteroatoms. The first-order valence-electron chi connectivity index (χ1n) is 9.53. The van der Waals surface area contributed by atoms with Crippen LogP contribution in [0.1, 0.15) is 36.7 Å². The Morgan fingerprint density at radius 2 is 1.85 bits per heavy atom. The van der Waals surface area contributed by atoms with Crippen molar-refractivity contribution in [1.29, 1.82) is 0 Å². The van der Waals surface area contributed by atoms with E-state index in [0.717, 1.165) is 47.7 Å². The molecule has 1 aliphatic heterocycles. The number of amides is 2. The number of para-hydroxylation sites is 1. The van der Waals surface area contributed by atoms with Crippen molar-refractivity contribution in [2.24, 2.45) is 7.05 Å². The number of likely N-dealkylation sites (tertiary alicyclic amines) is 1. The van der Waals surface area contributed by atoms with Crippen LogP contribution in [0, 0.1) is 0 Å². The van der Waals surface area contributed by atoms with Gasteiger partial charge in [-0.3, -0.25) is 9.36 Å². The molecule has 2 aromatic heterocycles. The second-order valence-electron chi connectivity index (χ2n) is 7.70. The molecule has 1 fully saturated rings. The van der Waals surface area contributed by atoms with Gasteiger partial charge in [0.15, 0.2) is 0 Å². The van der Waals surface area contributed by atoms with Crippen LogP contribution in [0.15, 0.2) is 30.3 Å². The molecule has 1 aliphatic rings. The van der Waals surface area contributed by atoms with Crippen LogP contribution in [0.3, 0.4) is 0 Å². The maximum Gasteiger partial charge on any atom is 0.328 e. The molecule has 3 heterocycles. The summed E-state index contributed by atoms with van der Waals surface area (Å²) in [4.78, 5) is 29.9. The zero-order chi connectivity index (χ0) is 19.3. The van der Waals surface area contributed by atoms with Gasteiger partial charge in [0.1, 0.15) is 5.69 Å². The highest BCUT2D eigenvalue weighted by atomic mass is 16.2. The van der Waals surface area contributed by atoms with Crippen molar-refractivity contribution in [3.05, 3.63) is 36.0 Å². The summed E-state index contributed by atoms with van der Waals surface area (Å²) >= 11 is 0. The van der Waals surface area contributed by atoms with Gasteiger partial charge in [0.2, 0.25) is 0 Å². The molecule has 0 aliphatic carbocycles. The number of aryl methyl sites for hydroxylation is 1. The minimum Gasteiger partial charge on any atom is -0.342 e. The predicted molar refractivity (Wildman–Crippen MR) is 107 cm³/mol. The Bertz CT molecular complexity index is 1040. The molecule has 27 heavy (non-hydrogen) atoms. The van der Waals surface area contributed by atoms with Crippen molar-refractivity contribution in [2.75, 3.05) is 20.6 Å². The molecule has 6 nitrogen and oxygen atoms in total. The summed E-state index contributed by atoms with van der Waals surface area (Å²) in [7, 11) is 5.42. The van der Waals surface area contributed by atoms with Crippen molar-refractivity contribution in [2.45, 2.75) is 32.2 Å². The Morgan fingerprint density at radius 1 is 1.11 bits per heavy atom. The van der Waals surface area contributed by atoms with Gasteiger partial charge in [-0.1, -0.05) is 18.2 Å². The number of piperidine rings is 1. The maximum absolute atomic E-state index is 13.4. The highest BCUT2D eigenvalue weighted by molar-refractivity contribution is 6.14. The van der Waals surface area contributed by atoms with Gasteiger partial charge in [-0.25, -0.2) is 4.79 Å². The van der Waals surface area contributed by atoms with E-state index >= 15 is 0 Å². The van der Waals surface area contributed by atoms with Crippen LogP contribution in [0.4, 0.5) is 4.79 Å². The van der Waals surface area contributed by atoms with Crippen molar-refractivity contribution in [1.82, 2.24) is 18.9 Å². The molecule has 2 amide bonds. The molecule has 4 rings (SSSR count). The standard InChI is InChI=1S/C21H26N4O2/c1-14-9-7-8-12-24(14)20(26)18-13-17-19(25(18)21(27)22(2)3)15-10-5-6-11-16(15)23(17)4/h5-6,10-11,13-14H,7-9,12H2,1-4H3/t14-/m0/s1. The fourth-order valence-electron chi connectivity index (χ4n) is 4.21. The number of hydrogen-bond donors (Lipinski definition) is 0. The molecule has 0 spiro atoms. The topological polar surface area (TPSA) is 50.5 Å². The van der Waals surface area contributed by atoms with Gasteiger partial charge >= 0.3 is 6.03 Å². The molecule has 1 atom stereocenters. The Balaban J connectivity index is 1.97. The van der Waals surface area contributed by atoms with Gasteiger partial charge in [-0.2, -0.15) is 0 Å². The molecule has 3 aromatic rings. The van der Waals surface area contributed by atoms with Crippen molar-refractivity contribution in [3.8, 4) is 0 Å². The van der Waals surface area contributed by atoms with E-state index in [1.54, 1.807) is 18.7 Å². The third-order valence-corrected chi connectivity index (χ3v) is 5.72. The molecule has 142 valence electrons. The van der Waals surface area contributed by atoms with Crippen molar-refractivity contribution >= 4 is 33.9 Å². The largest absolute Gasteiger partial charge is 0.342 e. The lowest BCUT2D eigenvalue weighted by Gasteiger charge is -2.33. The number of benzene rings is 1. The summed E-state index contributed by atoms with van der Waals surface area (Å²) in [6, 6.07) is 9.87. The fourth-order valence-corrected chi connectivity index (χ4v) is 4.21. The lowest BCUT2D eigenvalue weighted by atomic mass is 10.0. The van der Waals surface area contributed by atoms with Gasteiger partial charge < -0.3 is 14.4 Å². The SMILES string of the molecule is C[C@H]1CCCCN1C(=O)c1cc2c(c3ccccc3n2C)n1C(=O)N(C)C. The van der Waals surface area contributed by atoms with Crippen LogP contribution in [0.2, 0.25) is 0 Å². The molecule has 1 saturated heterocycles. The molecule has 0 N–H and O–H groups in total. The molecule has 0 unspecified atom stereocenters. The Hall–Kier alpha value is -2.76.